The number of thiophene rings is 2. The molecule has 3 N–H and O–H groups in total. The predicted molar refractivity (Wildman–Crippen MR) is 104 cm³/mol. The highest BCUT2D eigenvalue weighted by atomic mass is 32.2. The van der Waals surface area contributed by atoms with Gasteiger partial charge >= 0.3 is 0 Å². The number of aliphatic hydroxyl groups excluding tert-OH is 1. The Hall–Kier alpha value is -1.42. The Morgan fingerprint density at radius 3 is 2.64 bits per heavy atom. The van der Waals surface area contributed by atoms with Crippen molar-refractivity contribution in [2.24, 2.45) is 4.99 Å². The van der Waals surface area contributed by atoms with Crippen LogP contribution in [0.15, 0.2) is 44.2 Å². The van der Waals surface area contributed by atoms with Crippen molar-refractivity contribution < 1.29 is 13.5 Å². The first-order valence-corrected chi connectivity index (χ1v) is 11.4. The van der Waals surface area contributed by atoms with Crippen LogP contribution in [-0.2, 0) is 16.3 Å². The molecule has 6 nitrogen and oxygen atoms in total. The molecule has 0 fully saturated rings. The summed E-state index contributed by atoms with van der Waals surface area (Å²) in [6, 6.07) is 7.33. The van der Waals surface area contributed by atoms with Gasteiger partial charge < -0.3 is 15.7 Å². The quantitative estimate of drug-likeness (QED) is 0.440. The second-order valence-corrected chi connectivity index (χ2v) is 9.58. The van der Waals surface area contributed by atoms with E-state index in [1.807, 2.05) is 18.4 Å². The van der Waals surface area contributed by atoms with E-state index in [1.165, 1.54) is 4.88 Å². The van der Waals surface area contributed by atoms with Crippen LogP contribution < -0.4 is 10.6 Å². The Kier molecular flexibility index (Phi) is 7.89. The highest BCUT2D eigenvalue weighted by Crippen LogP contribution is 2.18. The maximum absolute atomic E-state index is 12.1. The minimum absolute atomic E-state index is 0.0267. The largest absolute Gasteiger partial charge is 0.390 e. The van der Waals surface area contributed by atoms with Gasteiger partial charge in [0, 0.05) is 18.0 Å². The molecule has 0 spiro atoms. The number of aliphatic hydroxyl groups is 1. The van der Waals surface area contributed by atoms with E-state index in [1.54, 1.807) is 28.8 Å². The summed E-state index contributed by atoms with van der Waals surface area (Å²) in [7, 11) is -3.46. The number of sulfone groups is 1. The predicted octanol–water partition coefficient (Wildman–Crippen LogP) is 1.74. The molecule has 0 saturated heterocycles. The molecule has 0 aliphatic heterocycles. The summed E-state index contributed by atoms with van der Waals surface area (Å²) in [4.78, 5) is 5.57. The van der Waals surface area contributed by atoms with E-state index in [4.69, 9.17) is 0 Å². The van der Waals surface area contributed by atoms with Gasteiger partial charge in [-0.3, -0.25) is 4.99 Å². The zero-order chi connectivity index (χ0) is 18.1. The van der Waals surface area contributed by atoms with Crippen molar-refractivity contribution in [1.82, 2.24) is 10.6 Å². The number of nitrogens with one attached hydrogen (secondary N) is 2. The maximum atomic E-state index is 12.1. The molecule has 0 amide bonds. The second kappa shape index (κ2) is 9.91. The molecule has 0 bridgehead atoms. The molecular formula is C16H23N3O3S3. The van der Waals surface area contributed by atoms with Crippen LogP contribution in [-0.4, -0.2) is 51.0 Å². The molecule has 2 rings (SSSR count). The minimum Gasteiger partial charge on any atom is -0.390 e. The van der Waals surface area contributed by atoms with E-state index in [9.17, 15) is 13.5 Å². The molecule has 2 aromatic heterocycles. The topological polar surface area (TPSA) is 90.8 Å². The van der Waals surface area contributed by atoms with Crippen LogP contribution in [0.2, 0.25) is 0 Å². The van der Waals surface area contributed by atoms with Gasteiger partial charge in [0.2, 0.25) is 0 Å². The van der Waals surface area contributed by atoms with Gasteiger partial charge in [0.05, 0.1) is 18.4 Å². The Balaban J connectivity index is 1.84. The van der Waals surface area contributed by atoms with Gasteiger partial charge in [-0.25, -0.2) is 8.42 Å². The molecule has 0 radical (unpaired) electrons. The van der Waals surface area contributed by atoms with E-state index < -0.39 is 15.9 Å². The molecule has 2 aromatic rings. The van der Waals surface area contributed by atoms with Gasteiger partial charge in [-0.1, -0.05) is 12.1 Å². The van der Waals surface area contributed by atoms with Crippen molar-refractivity contribution in [2.45, 2.75) is 23.7 Å². The van der Waals surface area contributed by atoms with E-state index in [-0.39, 0.29) is 16.5 Å². The summed E-state index contributed by atoms with van der Waals surface area (Å²) in [6.45, 7) is 3.39. The summed E-state index contributed by atoms with van der Waals surface area (Å²) in [5.41, 5.74) is 0. The van der Waals surface area contributed by atoms with Gasteiger partial charge in [-0.2, -0.15) is 0 Å². The average molecular weight is 402 g/mol. The first-order valence-electron chi connectivity index (χ1n) is 8.00. The lowest BCUT2D eigenvalue weighted by atomic mass is 10.3. The van der Waals surface area contributed by atoms with Crippen molar-refractivity contribution >= 4 is 38.5 Å². The number of hydrogen-bond acceptors (Lipinski definition) is 6. The molecule has 0 aliphatic rings. The van der Waals surface area contributed by atoms with Crippen LogP contribution in [0.1, 0.15) is 11.8 Å². The zero-order valence-corrected chi connectivity index (χ0v) is 16.5. The average Bonchev–Trinajstić information content (AvgIpc) is 3.25. The molecule has 0 saturated carbocycles. The van der Waals surface area contributed by atoms with Crippen LogP contribution in [0, 0.1) is 0 Å². The molecular weight excluding hydrogens is 378 g/mol. The lowest BCUT2D eigenvalue weighted by molar-refractivity contribution is 0.206. The van der Waals surface area contributed by atoms with E-state index >= 15 is 0 Å². The third-order valence-corrected chi connectivity index (χ3v) is 7.48. The van der Waals surface area contributed by atoms with Gasteiger partial charge in [0.1, 0.15) is 4.21 Å². The second-order valence-electron chi connectivity index (χ2n) is 5.34. The van der Waals surface area contributed by atoms with Gasteiger partial charge in [0.25, 0.3) is 0 Å². The van der Waals surface area contributed by atoms with Gasteiger partial charge in [0.15, 0.2) is 15.8 Å². The minimum atomic E-state index is -3.46. The van der Waals surface area contributed by atoms with Crippen LogP contribution in [0.4, 0.5) is 0 Å². The zero-order valence-electron chi connectivity index (χ0n) is 14.0. The number of hydrogen-bond donors (Lipinski definition) is 3. The number of aliphatic imine (C=N–C) groups is 1. The smallest absolute Gasteiger partial charge is 0.191 e. The van der Waals surface area contributed by atoms with Gasteiger partial charge in [-0.05, 0) is 36.2 Å². The van der Waals surface area contributed by atoms with E-state index in [2.05, 4.69) is 21.7 Å². The lowest BCUT2D eigenvalue weighted by Crippen LogP contribution is -2.39. The fourth-order valence-corrected chi connectivity index (χ4v) is 5.30. The Morgan fingerprint density at radius 1 is 1.24 bits per heavy atom. The molecule has 0 aromatic carbocycles. The SMILES string of the molecule is CCNC(=NCC(O)CS(=O)(=O)c1cccs1)NCCc1cccs1. The summed E-state index contributed by atoms with van der Waals surface area (Å²) < 4.78 is 24.6. The fraction of sp³-hybridized carbons (Fsp3) is 0.438. The first kappa shape index (κ1) is 19.9. The maximum Gasteiger partial charge on any atom is 0.191 e. The Morgan fingerprint density at radius 2 is 2.00 bits per heavy atom. The van der Waals surface area contributed by atoms with Crippen molar-refractivity contribution in [1.29, 1.82) is 0 Å². The Bertz CT molecular complexity index is 741. The first-order chi connectivity index (χ1) is 12.0. The van der Waals surface area contributed by atoms with Crippen LogP contribution in [0.5, 0.6) is 0 Å². The standard InChI is InChI=1S/C16H23N3O3S3/c1-2-17-16(18-8-7-14-5-3-9-23-14)19-11-13(20)12-25(21,22)15-6-4-10-24-15/h3-6,9-10,13,20H,2,7-8,11-12H2,1H3,(H2,17,18,19). The number of rotatable bonds is 9. The van der Waals surface area contributed by atoms with Gasteiger partial charge in [-0.15, -0.1) is 22.7 Å². The highest BCUT2D eigenvalue weighted by molar-refractivity contribution is 7.93. The molecule has 9 heteroatoms. The molecule has 138 valence electrons. The van der Waals surface area contributed by atoms with Crippen molar-refractivity contribution in [2.75, 3.05) is 25.4 Å². The molecule has 0 aliphatic carbocycles. The third kappa shape index (κ3) is 6.77. The number of nitrogens with zero attached hydrogens (tertiary/aromatic N) is 1. The monoisotopic (exact) mass is 401 g/mol. The summed E-state index contributed by atoms with van der Waals surface area (Å²) >= 11 is 2.86. The summed E-state index contributed by atoms with van der Waals surface area (Å²) in [5.74, 6) is 0.248. The van der Waals surface area contributed by atoms with E-state index in [0.717, 1.165) is 24.3 Å². The molecule has 25 heavy (non-hydrogen) atoms. The summed E-state index contributed by atoms with van der Waals surface area (Å²) in [5, 5.41) is 20.1. The van der Waals surface area contributed by atoms with Crippen LogP contribution in [0.3, 0.4) is 0 Å². The third-order valence-electron chi connectivity index (χ3n) is 3.26. The Labute approximate surface area is 156 Å². The summed E-state index contributed by atoms with van der Waals surface area (Å²) in [6.07, 6.45) is -0.156. The van der Waals surface area contributed by atoms with Crippen molar-refractivity contribution in [3.05, 3.63) is 39.9 Å². The molecule has 1 atom stereocenters. The van der Waals surface area contributed by atoms with Crippen LogP contribution in [0.25, 0.3) is 0 Å². The normalized spacial score (nSPS) is 13.6. The molecule has 2 heterocycles. The van der Waals surface area contributed by atoms with Crippen molar-refractivity contribution in [3.8, 4) is 0 Å². The highest BCUT2D eigenvalue weighted by Gasteiger charge is 2.20. The fourth-order valence-electron chi connectivity index (χ4n) is 2.13. The van der Waals surface area contributed by atoms with Crippen molar-refractivity contribution in [3.63, 3.8) is 0 Å². The molecule has 1 unspecified atom stereocenters. The van der Waals surface area contributed by atoms with Crippen LogP contribution >= 0.6 is 22.7 Å². The lowest BCUT2D eigenvalue weighted by Gasteiger charge is -2.13. The van der Waals surface area contributed by atoms with E-state index in [0.29, 0.717) is 12.5 Å². The number of guanidine groups is 1.